The molecule has 2 atom stereocenters. The molecule has 126 valence electrons. The second kappa shape index (κ2) is 8.87. The normalized spacial score (nSPS) is 15.0. The second-order valence-electron chi connectivity index (χ2n) is 6.04. The van der Waals surface area contributed by atoms with Crippen LogP contribution in [0.3, 0.4) is 0 Å². The van der Waals surface area contributed by atoms with Crippen LogP contribution in [0.15, 0.2) is 29.2 Å². The smallest absolute Gasteiger partial charge is 0.240 e. The van der Waals surface area contributed by atoms with Crippen molar-refractivity contribution in [2.75, 3.05) is 6.61 Å². The van der Waals surface area contributed by atoms with Crippen LogP contribution in [0.25, 0.3) is 0 Å². The van der Waals surface area contributed by atoms with E-state index in [0.29, 0.717) is 10.9 Å². The summed E-state index contributed by atoms with van der Waals surface area (Å²) in [6.07, 6.45) is 2.71. The Kier molecular flexibility index (Phi) is 7.83. The van der Waals surface area contributed by atoms with E-state index < -0.39 is 16.1 Å². The van der Waals surface area contributed by atoms with Crippen LogP contribution in [0, 0.1) is 11.8 Å². The van der Waals surface area contributed by atoms with Crippen LogP contribution in [0.1, 0.15) is 40.0 Å². The fourth-order valence-electron chi connectivity index (χ4n) is 2.62. The average molecular weight is 348 g/mol. The molecule has 1 aromatic rings. The quantitative estimate of drug-likeness (QED) is 0.719. The Morgan fingerprint density at radius 1 is 1.23 bits per heavy atom. The zero-order valence-electron chi connectivity index (χ0n) is 13.4. The number of sulfonamides is 1. The first-order valence-corrected chi connectivity index (χ1v) is 9.55. The molecule has 0 bridgehead atoms. The maximum absolute atomic E-state index is 12.4. The van der Waals surface area contributed by atoms with E-state index >= 15 is 0 Å². The van der Waals surface area contributed by atoms with Gasteiger partial charge in [-0.25, -0.2) is 13.1 Å². The zero-order valence-corrected chi connectivity index (χ0v) is 15.0. The van der Waals surface area contributed by atoms with Crippen LogP contribution in [0.4, 0.5) is 0 Å². The lowest BCUT2D eigenvalue weighted by Crippen LogP contribution is -2.43. The lowest BCUT2D eigenvalue weighted by atomic mass is 9.87. The molecule has 2 N–H and O–H groups in total. The molecule has 0 saturated carbocycles. The van der Waals surface area contributed by atoms with Crippen molar-refractivity contribution in [2.24, 2.45) is 11.8 Å². The minimum atomic E-state index is -3.66. The van der Waals surface area contributed by atoms with E-state index in [2.05, 4.69) is 25.5 Å². The molecule has 0 aliphatic rings. The third-order valence-corrected chi connectivity index (χ3v) is 5.39. The van der Waals surface area contributed by atoms with E-state index in [1.807, 2.05) is 0 Å². The van der Waals surface area contributed by atoms with E-state index in [1.54, 1.807) is 12.1 Å². The van der Waals surface area contributed by atoms with Gasteiger partial charge in [0.15, 0.2) is 0 Å². The van der Waals surface area contributed by atoms with Gasteiger partial charge in [0, 0.05) is 11.1 Å². The molecular weight excluding hydrogens is 322 g/mol. The number of nitrogens with one attached hydrogen (secondary N) is 1. The maximum atomic E-state index is 12.4. The van der Waals surface area contributed by atoms with Gasteiger partial charge in [0.25, 0.3) is 0 Å². The Morgan fingerprint density at radius 3 is 2.27 bits per heavy atom. The number of rotatable bonds is 9. The van der Waals surface area contributed by atoms with Crippen molar-refractivity contribution in [2.45, 2.75) is 51.0 Å². The number of aliphatic hydroxyl groups excluding tert-OH is 1. The summed E-state index contributed by atoms with van der Waals surface area (Å²) in [6.45, 7) is 6.06. The number of halogens is 1. The fraction of sp³-hybridized carbons (Fsp3) is 0.625. The highest BCUT2D eigenvalue weighted by Gasteiger charge is 2.26. The molecule has 0 fully saturated rings. The second-order valence-corrected chi connectivity index (χ2v) is 8.19. The molecular formula is C16H26ClNO3S. The average Bonchev–Trinajstić information content (AvgIpc) is 2.44. The minimum absolute atomic E-state index is 0.122. The summed E-state index contributed by atoms with van der Waals surface area (Å²) >= 11 is 5.79. The van der Waals surface area contributed by atoms with Crippen molar-refractivity contribution in [1.82, 2.24) is 4.72 Å². The first-order chi connectivity index (χ1) is 10.3. The topological polar surface area (TPSA) is 66.4 Å². The summed E-state index contributed by atoms with van der Waals surface area (Å²) in [6, 6.07) is 5.55. The third-order valence-electron chi connectivity index (χ3n) is 3.63. The summed E-state index contributed by atoms with van der Waals surface area (Å²) in [5, 5.41) is 10.1. The summed E-state index contributed by atoms with van der Waals surface area (Å²) < 4.78 is 27.5. The largest absolute Gasteiger partial charge is 0.395 e. The van der Waals surface area contributed by atoms with E-state index in [0.717, 1.165) is 19.3 Å². The third kappa shape index (κ3) is 5.88. The molecule has 1 aromatic carbocycles. The Balaban J connectivity index is 2.92. The van der Waals surface area contributed by atoms with Crippen molar-refractivity contribution in [3.05, 3.63) is 29.3 Å². The molecule has 0 heterocycles. The van der Waals surface area contributed by atoms with Crippen LogP contribution in [0.5, 0.6) is 0 Å². The molecule has 0 aromatic heterocycles. The molecule has 0 aliphatic carbocycles. The van der Waals surface area contributed by atoms with Crippen molar-refractivity contribution in [3.8, 4) is 0 Å². The van der Waals surface area contributed by atoms with Crippen molar-refractivity contribution in [1.29, 1.82) is 0 Å². The first-order valence-electron chi connectivity index (χ1n) is 7.68. The summed E-state index contributed by atoms with van der Waals surface area (Å²) in [5.41, 5.74) is 0. The van der Waals surface area contributed by atoms with Gasteiger partial charge in [-0.05, 0) is 48.9 Å². The van der Waals surface area contributed by atoms with Gasteiger partial charge in [-0.3, -0.25) is 0 Å². The Morgan fingerprint density at radius 2 is 1.82 bits per heavy atom. The van der Waals surface area contributed by atoms with E-state index in [-0.39, 0.29) is 17.4 Å². The highest BCUT2D eigenvalue weighted by Crippen LogP contribution is 2.23. The molecule has 6 heteroatoms. The van der Waals surface area contributed by atoms with Gasteiger partial charge in [-0.2, -0.15) is 0 Å². The number of hydrogen-bond donors (Lipinski definition) is 2. The summed E-state index contributed by atoms with van der Waals surface area (Å²) in [5.74, 6) is 0.572. The fourth-order valence-corrected chi connectivity index (χ4v) is 4.05. The van der Waals surface area contributed by atoms with Gasteiger partial charge in [-0.1, -0.05) is 38.8 Å². The van der Waals surface area contributed by atoms with E-state index in [9.17, 15) is 13.5 Å². The van der Waals surface area contributed by atoms with Gasteiger partial charge in [0.2, 0.25) is 10.0 Å². The van der Waals surface area contributed by atoms with Gasteiger partial charge < -0.3 is 5.11 Å². The van der Waals surface area contributed by atoms with Gasteiger partial charge in [-0.15, -0.1) is 0 Å². The van der Waals surface area contributed by atoms with Gasteiger partial charge >= 0.3 is 0 Å². The lowest BCUT2D eigenvalue weighted by Gasteiger charge is -2.27. The standard InChI is InChI=1S/C16H26ClNO3S/c1-4-5-13(10-12(2)3)16(11-19)18-22(20,21)15-8-6-14(17)7-9-15/h6-9,12-13,16,18-19H,4-5,10-11H2,1-3H3. The van der Waals surface area contributed by atoms with Crippen molar-refractivity contribution >= 4 is 21.6 Å². The number of hydrogen-bond acceptors (Lipinski definition) is 3. The molecule has 0 saturated heterocycles. The van der Waals surface area contributed by atoms with Crippen molar-refractivity contribution < 1.29 is 13.5 Å². The number of benzene rings is 1. The Hall–Kier alpha value is -0.620. The molecule has 2 unspecified atom stereocenters. The predicted molar refractivity (Wildman–Crippen MR) is 90.5 cm³/mol. The van der Waals surface area contributed by atoms with Crippen LogP contribution in [-0.4, -0.2) is 26.2 Å². The molecule has 0 radical (unpaired) electrons. The molecule has 0 spiro atoms. The van der Waals surface area contributed by atoms with Crippen molar-refractivity contribution in [3.63, 3.8) is 0 Å². The Bertz CT molecular complexity index is 543. The molecule has 0 aliphatic heterocycles. The van der Waals surface area contributed by atoms with Crippen LogP contribution < -0.4 is 4.72 Å². The maximum Gasteiger partial charge on any atom is 0.240 e. The Labute approximate surface area is 138 Å². The van der Waals surface area contributed by atoms with E-state index in [4.69, 9.17) is 11.6 Å². The highest BCUT2D eigenvalue weighted by atomic mass is 35.5. The number of aliphatic hydroxyl groups is 1. The highest BCUT2D eigenvalue weighted by molar-refractivity contribution is 7.89. The van der Waals surface area contributed by atoms with Gasteiger partial charge in [0.1, 0.15) is 0 Å². The van der Waals surface area contributed by atoms with Crippen LogP contribution in [0.2, 0.25) is 5.02 Å². The summed E-state index contributed by atoms with van der Waals surface area (Å²) in [4.78, 5) is 0.162. The van der Waals surface area contributed by atoms with Gasteiger partial charge in [0.05, 0.1) is 11.5 Å². The first kappa shape index (κ1) is 19.4. The monoisotopic (exact) mass is 347 g/mol. The molecule has 4 nitrogen and oxygen atoms in total. The van der Waals surface area contributed by atoms with E-state index in [1.165, 1.54) is 12.1 Å². The SMILES string of the molecule is CCCC(CC(C)C)C(CO)NS(=O)(=O)c1ccc(Cl)cc1. The molecule has 22 heavy (non-hydrogen) atoms. The molecule has 1 rings (SSSR count). The van der Waals surface area contributed by atoms with Crippen LogP contribution in [-0.2, 0) is 10.0 Å². The predicted octanol–water partition coefficient (Wildman–Crippen LogP) is 3.44. The lowest BCUT2D eigenvalue weighted by molar-refractivity contribution is 0.193. The molecule has 0 amide bonds. The minimum Gasteiger partial charge on any atom is -0.395 e. The summed E-state index contributed by atoms with van der Waals surface area (Å²) in [7, 11) is -3.66. The van der Waals surface area contributed by atoms with Crippen LogP contribution >= 0.6 is 11.6 Å². The zero-order chi connectivity index (χ0) is 16.8.